The molecule has 0 fully saturated rings. The van der Waals surface area contributed by atoms with Crippen LogP contribution in [0.25, 0.3) is 22.6 Å². The van der Waals surface area contributed by atoms with E-state index in [0.717, 1.165) is 12.3 Å². The van der Waals surface area contributed by atoms with Crippen molar-refractivity contribution in [1.82, 2.24) is 19.9 Å². The number of nitrogens with two attached hydrogens (primary N) is 2. The van der Waals surface area contributed by atoms with E-state index in [4.69, 9.17) is 11.5 Å². The van der Waals surface area contributed by atoms with Crippen LogP contribution in [-0.2, 0) is 0 Å². The number of halogens is 2. The van der Waals surface area contributed by atoms with Crippen molar-refractivity contribution >= 4 is 23.2 Å². The van der Waals surface area contributed by atoms with Crippen LogP contribution in [0.4, 0.5) is 26.1 Å². The molecule has 1 aromatic carbocycles. The first-order valence-corrected chi connectivity index (χ1v) is 10.4. The smallest absolute Gasteiger partial charge is 0.269 e. The Morgan fingerprint density at radius 2 is 1.77 bits per heavy atom. The lowest BCUT2D eigenvalue weighted by Gasteiger charge is -2.17. The van der Waals surface area contributed by atoms with E-state index in [2.05, 4.69) is 25.3 Å². The van der Waals surface area contributed by atoms with Gasteiger partial charge in [-0.1, -0.05) is 6.07 Å². The van der Waals surface area contributed by atoms with Gasteiger partial charge in [-0.15, -0.1) is 0 Å². The number of carbonyl (C=O) groups excluding carboxylic acids is 1. The van der Waals surface area contributed by atoms with E-state index in [1.54, 1.807) is 26.8 Å². The monoisotopic (exact) mass is 477 g/mol. The normalized spacial score (nSPS) is 10.9. The topological polar surface area (TPSA) is 153 Å². The van der Waals surface area contributed by atoms with Crippen LogP contribution in [0, 0.1) is 32.4 Å². The first-order valence-electron chi connectivity index (χ1n) is 10.4. The zero-order valence-corrected chi connectivity index (χ0v) is 19.0. The summed E-state index contributed by atoms with van der Waals surface area (Å²) in [5, 5.41) is 13.0. The fraction of sp³-hybridized carbons (Fsp3) is 0.125. The van der Waals surface area contributed by atoms with Gasteiger partial charge in [0, 0.05) is 16.8 Å². The molecule has 4 rings (SSSR count). The Labute approximate surface area is 198 Å². The number of carbonyl (C=O) groups is 1. The maximum absolute atomic E-state index is 14.3. The highest BCUT2D eigenvalue weighted by Gasteiger charge is 2.23. The third-order valence-corrected chi connectivity index (χ3v) is 5.38. The summed E-state index contributed by atoms with van der Waals surface area (Å²) in [4.78, 5) is 28.9. The highest BCUT2D eigenvalue weighted by Crippen LogP contribution is 2.37. The Balaban J connectivity index is 1.98. The van der Waals surface area contributed by atoms with E-state index in [9.17, 15) is 18.7 Å². The van der Waals surface area contributed by atoms with E-state index in [-0.39, 0.29) is 45.8 Å². The van der Waals surface area contributed by atoms with Crippen LogP contribution in [0.1, 0.15) is 27.3 Å². The van der Waals surface area contributed by atoms with E-state index < -0.39 is 17.5 Å². The van der Waals surface area contributed by atoms with Gasteiger partial charge in [0.05, 0.1) is 23.1 Å². The number of anilines is 3. The van der Waals surface area contributed by atoms with Crippen molar-refractivity contribution in [3.05, 3.63) is 70.7 Å². The predicted octanol–water partition coefficient (Wildman–Crippen LogP) is 3.93. The van der Waals surface area contributed by atoms with Crippen LogP contribution in [0.2, 0.25) is 0 Å². The quantitative estimate of drug-likeness (QED) is 0.337. The summed E-state index contributed by atoms with van der Waals surface area (Å²) in [5.74, 6) is -2.64. The number of nitrogens with one attached hydrogen (secondary N) is 1. The summed E-state index contributed by atoms with van der Waals surface area (Å²) in [6.07, 6.45) is 0.927. The van der Waals surface area contributed by atoms with Crippen LogP contribution < -0.4 is 16.8 Å². The fourth-order valence-electron chi connectivity index (χ4n) is 3.62. The number of pyridine rings is 2. The SMILES string of the molecule is Cc1ccc(F)c(Nc2ncc(F)cc2-c2nc(C(N)=O)c(N)c(-c3c(C)ccc(O)c3C)n2)n1. The first kappa shape index (κ1) is 23.5. The molecule has 0 aliphatic rings. The number of nitrogens with zero attached hydrogens (tertiary/aromatic N) is 4. The van der Waals surface area contributed by atoms with E-state index >= 15 is 0 Å². The summed E-state index contributed by atoms with van der Waals surface area (Å²) in [6, 6.07) is 6.97. The summed E-state index contributed by atoms with van der Waals surface area (Å²) < 4.78 is 28.6. The first-order chi connectivity index (χ1) is 16.6. The second-order valence-corrected chi connectivity index (χ2v) is 7.88. The summed E-state index contributed by atoms with van der Waals surface area (Å²) in [7, 11) is 0. The Hall–Kier alpha value is -4.67. The van der Waals surface area contributed by atoms with Gasteiger partial charge in [0.1, 0.15) is 17.4 Å². The van der Waals surface area contributed by atoms with Gasteiger partial charge in [-0.3, -0.25) is 4.79 Å². The molecule has 4 aromatic rings. The van der Waals surface area contributed by atoms with Crippen molar-refractivity contribution in [2.24, 2.45) is 5.73 Å². The van der Waals surface area contributed by atoms with Crippen LogP contribution in [0.15, 0.2) is 36.5 Å². The van der Waals surface area contributed by atoms with Crippen molar-refractivity contribution < 1.29 is 18.7 Å². The van der Waals surface area contributed by atoms with Crippen molar-refractivity contribution in [1.29, 1.82) is 0 Å². The molecule has 0 atom stereocenters. The molecule has 0 spiro atoms. The van der Waals surface area contributed by atoms with Crippen LogP contribution >= 0.6 is 0 Å². The number of nitrogen functional groups attached to an aromatic ring is 1. The molecule has 0 saturated carbocycles. The number of amides is 1. The van der Waals surface area contributed by atoms with E-state index in [1.165, 1.54) is 18.2 Å². The number of phenolic OH excluding ortho intramolecular Hbond substituents is 1. The zero-order valence-electron chi connectivity index (χ0n) is 19.0. The van der Waals surface area contributed by atoms with Crippen molar-refractivity contribution in [3.8, 4) is 28.4 Å². The third-order valence-electron chi connectivity index (χ3n) is 5.38. The average molecular weight is 477 g/mol. The van der Waals surface area contributed by atoms with E-state index in [0.29, 0.717) is 22.4 Å². The molecule has 1 amide bonds. The fourth-order valence-corrected chi connectivity index (χ4v) is 3.62. The maximum atomic E-state index is 14.3. The summed E-state index contributed by atoms with van der Waals surface area (Å²) >= 11 is 0. The summed E-state index contributed by atoms with van der Waals surface area (Å²) in [5.41, 5.74) is 13.6. The molecular weight excluding hydrogens is 456 g/mol. The molecule has 0 aliphatic carbocycles. The second kappa shape index (κ2) is 8.93. The number of primary amides is 1. The number of rotatable bonds is 5. The van der Waals surface area contributed by atoms with Gasteiger partial charge < -0.3 is 21.9 Å². The van der Waals surface area contributed by atoms with Gasteiger partial charge in [0.15, 0.2) is 23.2 Å². The minimum Gasteiger partial charge on any atom is -0.508 e. The lowest BCUT2D eigenvalue weighted by molar-refractivity contribution is 0.0996. The number of aromatic hydroxyl groups is 1. The minimum atomic E-state index is -0.937. The lowest BCUT2D eigenvalue weighted by atomic mass is 9.97. The molecule has 35 heavy (non-hydrogen) atoms. The van der Waals surface area contributed by atoms with Crippen LogP contribution in [0.5, 0.6) is 5.75 Å². The number of phenols is 1. The highest BCUT2D eigenvalue weighted by atomic mass is 19.1. The Bertz CT molecular complexity index is 1490. The molecule has 11 heteroatoms. The molecule has 9 nitrogen and oxygen atoms in total. The van der Waals surface area contributed by atoms with Gasteiger partial charge >= 0.3 is 0 Å². The average Bonchev–Trinajstić information content (AvgIpc) is 2.81. The van der Waals surface area contributed by atoms with Crippen molar-refractivity contribution in [3.63, 3.8) is 0 Å². The lowest BCUT2D eigenvalue weighted by Crippen LogP contribution is -2.18. The number of benzene rings is 1. The Morgan fingerprint density at radius 1 is 1.03 bits per heavy atom. The predicted molar refractivity (Wildman–Crippen MR) is 127 cm³/mol. The van der Waals surface area contributed by atoms with Gasteiger partial charge in [0.25, 0.3) is 5.91 Å². The standard InChI is InChI=1S/C24H21F2N7O2/c1-10-4-7-16(34)12(3)17(10)19-18(27)20(21(28)35)32-23(31-19)14-8-13(25)9-29-22(14)33-24-15(26)6-5-11(2)30-24/h4-9,34H,27H2,1-3H3,(H2,28,35)(H,29,30,33). The maximum Gasteiger partial charge on any atom is 0.269 e. The number of aromatic nitrogens is 4. The minimum absolute atomic E-state index is 0.00640. The highest BCUT2D eigenvalue weighted by molar-refractivity contribution is 6.00. The van der Waals surface area contributed by atoms with Crippen LogP contribution in [-0.4, -0.2) is 30.9 Å². The molecule has 0 aliphatic heterocycles. The molecule has 0 radical (unpaired) electrons. The molecule has 178 valence electrons. The van der Waals surface area contributed by atoms with Crippen molar-refractivity contribution in [2.75, 3.05) is 11.1 Å². The number of hydrogen-bond donors (Lipinski definition) is 4. The van der Waals surface area contributed by atoms with E-state index in [1.807, 2.05) is 0 Å². The molecule has 0 unspecified atom stereocenters. The molecule has 3 heterocycles. The number of aryl methyl sites for hydroxylation is 2. The van der Waals surface area contributed by atoms with Gasteiger partial charge in [-0.05, 0) is 50.6 Å². The summed E-state index contributed by atoms with van der Waals surface area (Å²) in [6.45, 7) is 5.11. The Morgan fingerprint density at radius 3 is 2.49 bits per heavy atom. The Kier molecular flexibility index (Phi) is 6.00. The van der Waals surface area contributed by atoms with Gasteiger partial charge in [0.2, 0.25) is 0 Å². The van der Waals surface area contributed by atoms with Gasteiger partial charge in [-0.25, -0.2) is 28.7 Å². The van der Waals surface area contributed by atoms with Gasteiger partial charge in [-0.2, -0.15) is 0 Å². The second-order valence-electron chi connectivity index (χ2n) is 7.88. The largest absolute Gasteiger partial charge is 0.508 e. The third kappa shape index (κ3) is 4.43. The molecule has 3 aromatic heterocycles. The molecular formula is C24H21F2N7O2. The zero-order chi connectivity index (χ0) is 25.4. The molecule has 6 N–H and O–H groups in total. The van der Waals surface area contributed by atoms with Crippen LogP contribution in [0.3, 0.4) is 0 Å². The number of hydrogen-bond acceptors (Lipinski definition) is 8. The molecule has 0 bridgehead atoms. The van der Waals surface area contributed by atoms with Crippen molar-refractivity contribution in [2.45, 2.75) is 20.8 Å². The molecule has 0 saturated heterocycles.